The van der Waals surface area contributed by atoms with Crippen molar-refractivity contribution in [1.29, 1.82) is 0 Å². The summed E-state index contributed by atoms with van der Waals surface area (Å²) in [6.45, 7) is 1.74. The van der Waals surface area contributed by atoms with Gasteiger partial charge in [0.1, 0.15) is 5.82 Å². The van der Waals surface area contributed by atoms with Gasteiger partial charge in [-0.2, -0.15) is 13.2 Å². The molecule has 1 amide bonds. The number of alkyl halides is 3. The van der Waals surface area contributed by atoms with Crippen LogP contribution in [0.25, 0.3) is 11.1 Å². The number of nitrogens with one attached hydrogen (secondary N) is 1. The molecular formula is C23H19F4NO. The Hall–Kier alpha value is -3.15. The summed E-state index contributed by atoms with van der Waals surface area (Å²) in [4.78, 5) is 12.4. The summed E-state index contributed by atoms with van der Waals surface area (Å²) in [5.74, 6) is -1.36. The highest BCUT2D eigenvalue weighted by Crippen LogP contribution is 2.29. The fraction of sp³-hybridized carbons (Fsp3) is 0.174. The topological polar surface area (TPSA) is 29.1 Å². The molecule has 3 aromatic carbocycles. The Morgan fingerprint density at radius 2 is 1.62 bits per heavy atom. The highest BCUT2D eigenvalue weighted by Gasteiger charge is 2.29. The lowest BCUT2D eigenvalue weighted by Crippen LogP contribution is -2.27. The van der Waals surface area contributed by atoms with Crippen molar-refractivity contribution in [1.82, 2.24) is 5.32 Å². The number of rotatable bonds is 5. The number of carbonyl (C=O) groups is 1. The van der Waals surface area contributed by atoms with E-state index in [1.165, 1.54) is 18.2 Å². The van der Waals surface area contributed by atoms with Crippen molar-refractivity contribution in [3.05, 3.63) is 95.3 Å². The Labute approximate surface area is 166 Å². The van der Waals surface area contributed by atoms with Gasteiger partial charge >= 0.3 is 6.18 Å². The second-order valence-electron chi connectivity index (χ2n) is 6.74. The Balaban J connectivity index is 1.65. The molecule has 3 aromatic rings. The monoisotopic (exact) mass is 401 g/mol. The Morgan fingerprint density at radius 3 is 2.21 bits per heavy atom. The van der Waals surface area contributed by atoms with Crippen LogP contribution in [0.4, 0.5) is 17.6 Å². The summed E-state index contributed by atoms with van der Waals surface area (Å²) in [6, 6.07) is 18.4. The molecule has 29 heavy (non-hydrogen) atoms. The zero-order valence-electron chi connectivity index (χ0n) is 15.6. The van der Waals surface area contributed by atoms with Crippen molar-refractivity contribution in [2.24, 2.45) is 0 Å². The van der Waals surface area contributed by atoms with Crippen LogP contribution in [0.5, 0.6) is 0 Å². The van der Waals surface area contributed by atoms with E-state index in [1.807, 2.05) is 18.2 Å². The minimum Gasteiger partial charge on any atom is -0.352 e. The highest BCUT2D eigenvalue weighted by molar-refractivity contribution is 5.83. The van der Waals surface area contributed by atoms with Gasteiger partial charge in [-0.05, 0) is 41.8 Å². The van der Waals surface area contributed by atoms with Crippen LogP contribution >= 0.6 is 0 Å². The quantitative estimate of drug-likeness (QED) is 0.528. The minimum absolute atomic E-state index is 0.0892. The first kappa shape index (κ1) is 20.6. The molecule has 0 aliphatic heterocycles. The first-order valence-electron chi connectivity index (χ1n) is 9.04. The van der Waals surface area contributed by atoms with E-state index in [1.54, 1.807) is 31.2 Å². The van der Waals surface area contributed by atoms with Crippen LogP contribution in [0, 0.1) is 5.82 Å². The van der Waals surface area contributed by atoms with E-state index in [9.17, 15) is 22.4 Å². The molecule has 0 fully saturated rings. The molecule has 0 heterocycles. The number of carbonyl (C=O) groups excluding carboxylic acids is 1. The summed E-state index contributed by atoms with van der Waals surface area (Å²) in [5, 5.41) is 2.68. The van der Waals surface area contributed by atoms with Crippen molar-refractivity contribution in [2.45, 2.75) is 25.6 Å². The average molecular weight is 401 g/mol. The van der Waals surface area contributed by atoms with Crippen molar-refractivity contribution < 1.29 is 22.4 Å². The van der Waals surface area contributed by atoms with E-state index in [4.69, 9.17) is 0 Å². The highest BCUT2D eigenvalue weighted by atomic mass is 19.4. The smallest absolute Gasteiger partial charge is 0.352 e. The summed E-state index contributed by atoms with van der Waals surface area (Å²) in [6.07, 6.45) is -4.40. The number of benzene rings is 3. The first-order valence-corrected chi connectivity index (χ1v) is 9.04. The fourth-order valence-corrected chi connectivity index (χ4v) is 2.96. The van der Waals surface area contributed by atoms with E-state index >= 15 is 0 Å². The molecule has 0 unspecified atom stereocenters. The number of amides is 1. The number of hydrogen-bond acceptors (Lipinski definition) is 1. The van der Waals surface area contributed by atoms with Crippen molar-refractivity contribution in [2.75, 3.05) is 0 Å². The van der Waals surface area contributed by atoms with Crippen LogP contribution < -0.4 is 5.32 Å². The molecule has 2 nitrogen and oxygen atoms in total. The third-order valence-corrected chi connectivity index (χ3v) is 4.72. The third kappa shape index (κ3) is 5.02. The lowest BCUT2D eigenvalue weighted by atomic mass is 9.96. The predicted molar refractivity (Wildman–Crippen MR) is 104 cm³/mol. The molecule has 0 bridgehead atoms. The van der Waals surface area contributed by atoms with Gasteiger partial charge in [0, 0.05) is 12.1 Å². The van der Waals surface area contributed by atoms with Gasteiger partial charge in [0.15, 0.2) is 0 Å². The van der Waals surface area contributed by atoms with Crippen molar-refractivity contribution >= 4 is 5.91 Å². The minimum atomic E-state index is -4.40. The molecule has 0 aliphatic rings. The molecule has 1 atom stereocenters. The molecule has 3 rings (SSSR count). The molecule has 0 saturated carbocycles. The summed E-state index contributed by atoms with van der Waals surface area (Å²) >= 11 is 0. The standard InChI is InChI=1S/C23H19F4NO/c1-15(18-9-12-20(21(24)13-18)17-5-3-2-4-6-17)22(29)28-14-16-7-10-19(11-8-16)23(25,26)27/h2-13,15H,14H2,1H3,(H,28,29)/t15-/m1/s1. The molecule has 150 valence electrons. The fourth-order valence-electron chi connectivity index (χ4n) is 2.96. The third-order valence-electron chi connectivity index (χ3n) is 4.72. The zero-order chi connectivity index (χ0) is 21.0. The number of halogens is 4. The van der Waals surface area contributed by atoms with Gasteiger partial charge in [0.2, 0.25) is 5.91 Å². The molecule has 0 saturated heterocycles. The van der Waals surface area contributed by atoms with Crippen molar-refractivity contribution in [3.8, 4) is 11.1 Å². The predicted octanol–water partition coefficient (Wildman–Crippen LogP) is 5.93. The van der Waals surface area contributed by atoms with Crippen LogP contribution in [-0.4, -0.2) is 5.91 Å². The largest absolute Gasteiger partial charge is 0.416 e. The molecular weight excluding hydrogens is 382 g/mol. The molecule has 0 radical (unpaired) electrons. The summed E-state index contributed by atoms with van der Waals surface area (Å²) in [5.41, 5.74) is 1.52. The Bertz CT molecular complexity index is 982. The lowest BCUT2D eigenvalue weighted by Gasteiger charge is -2.14. The van der Waals surface area contributed by atoms with Gasteiger partial charge in [0.05, 0.1) is 11.5 Å². The van der Waals surface area contributed by atoms with Gasteiger partial charge < -0.3 is 5.32 Å². The second-order valence-corrected chi connectivity index (χ2v) is 6.74. The van der Waals surface area contributed by atoms with Crippen LogP contribution in [-0.2, 0) is 17.5 Å². The molecule has 6 heteroatoms. The van der Waals surface area contributed by atoms with Crippen LogP contribution in [0.3, 0.4) is 0 Å². The first-order chi connectivity index (χ1) is 13.8. The van der Waals surface area contributed by atoms with E-state index in [2.05, 4.69) is 5.32 Å². The van der Waals surface area contributed by atoms with E-state index in [0.717, 1.165) is 17.7 Å². The van der Waals surface area contributed by atoms with Gasteiger partial charge in [-0.25, -0.2) is 4.39 Å². The maximum Gasteiger partial charge on any atom is 0.416 e. The van der Waals surface area contributed by atoms with Gasteiger partial charge in [-0.1, -0.05) is 54.6 Å². The van der Waals surface area contributed by atoms with Gasteiger partial charge in [-0.15, -0.1) is 0 Å². The normalized spacial score (nSPS) is 12.4. The summed E-state index contributed by atoms with van der Waals surface area (Å²) < 4.78 is 52.3. The lowest BCUT2D eigenvalue weighted by molar-refractivity contribution is -0.137. The van der Waals surface area contributed by atoms with Gasteiger partial charge in [0.25, 0.3) is 0 Å². The summed E-state index contributed by atoms with van der Waals surface area (Å²) in [7, 11) is 0. The second kappa shape index (κ2) is 8.47. The van der Waals surface area contributed by atoms with Crippen molar-refractivity contribution in [3.63, 3.8) is 0 Å². The van der Waals surface area contributed by atoms with Crippen LogP contribution in [0.2, 0.25) is 0 Å². The molecule has 0 aromatic heterocycles. The molecule has 0 spiro atoms. The van der Waals surface area contributed by atoms with E-state index in [-0.39, 0.29) is 12.5 Å². The number of hydrogen-bond donors (Lipinski definition) is 1. The Kier molecular flexibility index (Phi) is 6.01. The van der Waals surface area contributed by atoms with E-state index in [0.29, 0.717) is 16.7 Å². The Morgan fingerprint density at radius 1 is 0.966 bits per heavy atom. The van der Waals surface area contributed by atoms with Crippen LogP contribution in [0.15, 0.2) is 72.8 Å². The SMILES string of the molecule is C[C@@H](C(=O)NCc1ccc(C(F)(F)F)cc1)c1ccc(-c2ccccc2)c(F)c1. The molecule has 1 N–H and O–H groups in total. The maximum absolute atomic E-state index is 14.5. The van der Waals surface area contributed by atoms with Gasteiger partial charge in [-0.3, -0.25) is 4.79 Å². The molecule has 0 aliphatic carbocycles. The zero-order valence-corrected chi connectivity index (χ0v) is 15.6. The maximum atomic E-state index is 14.5. The van der Waals surface area contributed by atoms with E-state index < -0.39 is 23.5 Å². The average Bonchev–Trinajstić information content (AvgIpc) is 2.71. The van der Waals surface area contributed by atoms with Crippen LogP contribution in [0.1, 0.15) is 29.5 Å².